The van der Waals surface area contributed by atoms with Gasteiger partial charge in [0.2, 0.25) is 5.95 Å². The number of nitrogens with zero attached hydrogens (tertiary/aromatic N) is 5. The Morgan fingerprint density at radius 1 is 1.14 bits per heavy atom. The average Bonchev–Trinajstić information content (AvgIpc) is 3.41. The predicted molar refractivity (Wildman–Crippen MR) is 131 cm³/mol. The summed E-state index contributed by atoms with van der Waals surface area (Å²) in [5, 5.41) is 23.4. The summed E-state index contributed by atoms with van der Waals surface area (Å²) >= 11 is 0. The number of aliphatic hydroxyl groups is 1. The fourth-order valence-electron chi connectivity index (χ4n) is 4.04. The molecule has 37 heavy (non-hydrogen) atoms. The highest BCUT2D eigenvalue weighted by Crippen LogP contribution is 2.31. The second-order valence-electron chi connectivity index (χ2n) is 8.47. The SMILES string of the molecule is CN1CCc2cc(Nc3ncc(-c4nnc(C(F)F)o4)c(N[C@H](CO)c4ccccc4)n3)ccc2C1=O. The van der Waals surface area contributed by atoms with Crippen molar-refractivity contribution >= 4 is 23.4 Å². The van der Waals surface area contributed by atoms with E-state index in [0.717, 1.165) is 17.5 Å². The van der Waals surface area contributed by atoms with Gasteiger partial charge in [-0.2, -0.15) is 13.8 Å². The number of benzene rings is 2. The van der Waals surface area contributed by atoms with Crippen LogP contribution in [0.1, 0.15) is 39.8 Å². The number of halogens is 2. The molecule has 1 atom stereocenters. The Labute approximate surface area is 210 Å². The monoisotopic (exact) mass is 507 g/mol. The molecule has 0 radical (unpaired) electrons. The summed E-state index contributed by atoms with van der Waals surface area (Å²) in [6.45, 7) is 0.358. The van der Waals surface area contributed by atoms with Crippen molar-refractivity contribution in [2.24, 2.45) is 0 Å². The molecule has 2 aromatic carbocycles. The maximum absolute atomic E-state index is 13.0. The Hall–Kier alpha value is -4.45. The fourth-order valence-corrected chi connectivity index (χ4v) is 4.04. The third-order valence-corrected chi connectivity index (χ3v) is 6.00. The van der Waals surface area contributed by atoms with Gasteiger partial charge in [0.25, 0.3) is 17.7 Å². The van der Waals surface area contributed by atoms with Gasteiger partial charge in [-0.15, -0.1) is 10.2 Å². The van der Waals surface area contributed by atoms with Crippen LogP contribution in [0.4, 0.5) is 26.2 Å². The van der Waals surface area contributed by atoms with Gasteiger partial charge in [0.05, 0.1) is 18.2 Å². The highest BCUT2D eigenvalue weighted by Gasteiger charge is 2.24. The molecular weight excluding hydrogens is 484 g/mol. The summed E-state index contributed by atoms with van der Waals surface area (Å²) < 4.78 is 31.2. The van der Waals surface area contributed by atoms with E-state index in [-0.39, 0.29) is 35.7 Å². The van der Waals surface area contributed by atoms with Crippen molar-refractivity contribution in [3.8, 4) is 11.5 Å². The topological polar surface area (TPSA) is 129 Å². The standard InChI is InChI=1S/C25H23F2N7O3/c1-34-10-9-15-11-16(7-8-17(15)24(34)36)29-25-28-12-18(22-32-33-23(37-22)20(26)27)21(31-25)30-19(13-35)14-5-3-2-4-6-14/h2-8,11-12,19-20,35H,9-10,13H2,1H3,(H2,28,29,30,31)/t19-/m1/s1. The molecule has 0 spiro atoms. The van der Waals surface area contributed by atoms with Crippen LogP contribution in [0.5, 0.6) is 0 Å². The molecule has 1 amide bonds. The third kappa shape index (κ3) is 5.09. The van der Waals surface area contributed by atoms with Crippen LogP contribution in [0, 0.1) is 0 Å². The Morgan fingerprint density at radius 2 is 1.95 bits per heavy atom. The quantitative estimate of drug-likeness (QED) is 0.324. The molecule has 3 N–H and O–H groups in total. The van der Waals surface area contributed by atoms with Crippen molar-refractivity contribution in [1.29, 1.82) is 0 Å². The number of alkyl halides is 2. The number of anilines is 3. The smallest absolute Gasteiger partial charge is 0.314 e. The number of hydrogen-bond donors (Lipinski definition) is 3. The van der Waals surface area contributed by atoms with Crippen molar-refractivity contribution in [2.75, 3.05) is 30.8 Å². The van der Waals surface area contributed by atoms with Crippen LogP contribution in [0.3, 0.4) is 0 Å². The number of carbonyl (C=O) groups excluding carboxylic acids is 1. The minimum atomic E-state index is -2.93. The van der Waals surface area contributed by atoms with Crippen LogP contribution < -0.4 is 10.6 Å². The Morgan fingerprint density at radius 3 is 2.68 bits per heavy atom. The van der Waals surface area contributed by atoms with Gasteiger partial charge in [-0.3, -0.25) is 4.79 Å². The number of nitrogens with one attached hydrogen (secondary N) is 2. The van der Waals surface area contributed by atoms with E-state index in [2.05, 4.69) is 30.8 Å². The minimum Gasteiger partial charge on any atom is -0.415 e. The first-order valence-electron chi connectivity index (χ1n) is 11.5. The van der Waals surface area contributed by atoms with E-state index >= 15 is 0 Å². The molecule has 1 aliphatic rings. The molecule has 0 saturated heterocycles. The number of hydrogen-bond acceptors (Lipinski definition) is 9. The first-order valence-corrected chi connectivity index (χ1v) is 11.5. The van der Waals surface area contributed by atoms with E-state index in [1.807, 2.05) is 36.4 Å². The summed E-state index contributed by atoms with van der Waals surface area (Å²) in [6, 6.07) is 14.0. The summed E-state index contributed by atoms with van der Waals surface area (Å²) in [6.07, 6.45) is -0.834. The lowest BCUT2D eigenvalue weighted by molar-refractivity contribution is 0.0781. The zero-order chi connectivity index (χ0) is 25.9. The number of rotatable bonds is 8. The second-order valence-corrected chi connectivity index (χ2v) is 8.47. The third-order valence-electron chi connectivity index (χ3n) is 6.00. The summed E-state index contributed by atoms with van der Waals surface area (Å²) in [5.74, 6) is -0.647. The van der Waals surface area contributed by atoms with E-state index in [1.54, 1.807) is 24.1 Å². The van der Waals surface area contributed by atoms with Crippen molar-refractivity contribution in [3.63, 3.8) is 0 Å². The highest BCUT2D eigenvalue weighted by atomic mass is 19.3. The van der Waals surface area contributed by atoms with Gasteiger partial charge >= 0.3 is 6.43 Å². The molecule has 0 saturated carbocycles. The van der Waals surface area contributed by atoms with Crippen LogP contribution in [-0.4, -0.2) is 56.3 Å². The number of carbonyl (C=O) groups is 1. The van der Waals surface area contributed by atoms with Crippen LogP contribution in [0.25, 0.3) is 11.5 Å². The summed E-state index contributed by atoms with van der Waals surface area (Å²) in [4.78, 5) is 22.9. The molecule has 4 aromatic rings. The normalized spacial score (nSPS) is 14.0. The predicted octanol–water partition coefficient (Wildman–Crippen LogP) is 3.98. The Bertz CT molecular complexity index is 1410. The molecular formula is C25H23F2N7O3. The van der Waals surface area contributed by atoms with Crippen LogP contribution >= 0.6 is 0 Å². The zero-order valence-corrected chi connectivity index (χ0v) is 19.7. The molecule has 5 rings (SSSR count). The maximum atomic E-state index is 13.0. The van der Waals surface area contributed by atoms with Gasteiger partial charge < -0.3 is 25.1 Å². The van der Waals surface area contributed by atoms with Crippen molar-refractivity contribution in [3.05, 3.63) is 77.3 Å². The van der Waals surface area contributed by atoms with E-state index in [9.17, 15) is 18.7 Å². The molecule has 10 nitrogen and oxygen atoms in total. The fraction of sp³-hybridized carbons (Fsp3) is 0.240. The van der Waals surface area contributed by atoms with E-state index < -0.39 is 18.4 Å². The molecule has 2 aromatic heterocycles. The minimum absolute atomic E-state index is 0.0291. The molecule has 190 valence electrons. The van der Waals surface area contributed by atoms with Crippen LogP contribution in [-0.2, 0) is 6.42 Å². The lowest BCUT2D eigenvalue weighted by Crippen LogP contribution is -2.34. The van der Waals surface area contributed by atoms with Crippen molar-refractivity contribution in [2.45, 2.75) is 18.9 Å². The number of aromatic nitrogens is 4. The molecule has 1 aliphatic heterocycles. The van der Waals surface area contributed by atoms with E-state index in [0.29, 0.717) is 17.8 Å². The maximum Gasteiger partial charge on any atom is 0.314 e. The molecule has 0 bridgehead atoms. The lowest BCUT2D eigenvalue weighted by atomic mass is 9.99. The lowest BCUT2D eigenvalue weighted by Gasteiger charge is -2.25. The largest absolute Gasteiger partial charge is 0.415 e. The first-order chi connectivity index (χ1) is 17.9. The Kier molecular flexibility index (Phi) is 6.73. The van der Waals surface area contributed by atoms with Gasteiger partial charge in [-0.05, 0) is 35.7 Å². The van der Waals surface area contributed by atoms with Crippen LogP contribution in [0.2, 0.25) is 0 Å². The molecule has 12 heteroatoms. The number of likely N-dealkylation sites (N-methyl/N-ethyl adjacent to an activating group) is 1. The van der Waals surface area contributed by atoms with E-state index in [1.165, 1.54) is 6.20 Å². The highest BCUT2D eigenvalue weighted by molar-refractivity contribution is 5.97. The van der Waals surface area contributed by atoms with Gasteiger partial charge in [-0.1, -0.05) is 30.3 Å². The summed E-state index contributed by atoms with van der Waals surface area (Å²) in [5.41, 5.74) is 3.22. The number of amides is 1. The number of aliphatic hydroxyl groups excluding tert-OH is 1. The molecule has 0 aliphatic carbocycles. The molecule has 3 heterocycles. The molecule has 0 unspecified atom stereocenters. The first kappa shape index (κ1) is 24.3. The molecule has 0 fully saturated rings. The Balaban J connectivity index is 1.48. The van der Waals surface area contributed by atoms with Gasteiger partial charge in [0.15, 0.2) is 0 Å². The number of fused-ring (bicyclic) bond motifs is 1. The second kappa shape index (κ2) is 10.3. The van der Waals surface area contributed by atoms with E-state index in [4.69, 9.17) is 4.42 Å². The van der Waals surface area contributed by atoms with Crippen molar-refractivity contribution < 1.29 is 23.1 Å². The van der Waals surface area contributed by atoms with Gasteiger partial charge in [0.1, 0.15) is 5.82 Å². The van der Waals surface area contributed by atoms with Crippen LogP contribution in [0.15, 0.2) is 59.1 Å². The summed E-state index contributed by atoms with van der Waals surface area (Å²) in [7, 11) is 1.77. The van der Waals surface area contributed by atoms with Crippen molar-refractivity contribution in [1.82, 2.24) is 25.1 Å². The van der Waals surface area contributed by atoms with Gasteiger partial charge in [-0.25, -0.2) is 4.98 Å². The zero-order valence-electron chi connectivity index (χ0n) is 19.7. The van der Waals surface area contributed by atoms with Gasteiger partial charge in [0, 0.05) is 31.0 Å². The average molecular weight is 508 g/mol.